The van der Waals surface area contributed by atoms with Gasteiger partial charge in [-0.05, 0) is 81.0 Å². The van der Waals surface area contributed by atoms with Crippen molar-refractivity contribution >= 4 is 39.9 Å². The standard InChI is InChI=1S/C34H38N4O6S/c1-38-12-6-4-3-5-7-21-17-34(21,33(41)42)37-29(39)25-15-23(16-26(25)32(38)40)44-30-24-11-10-22(43-2)13-20(24)14-27(35-30)31-36-28(18-45-31)19-8-9-19/h5,7,10-11,13-14,18-19,21,23,25-26H,3-4,6,8-9,12,15-17H2,1-2H3,(H,37,39)(H,41,42)/b7-5-/t21-,23+,25+,26+,34+/m0/s1. The molecule has 0 radical (unpaired) electrons. The molecule has 236 valence electrons. The summed E-state index contributed by atoms with van der Waals surface area (Å²) in [5, 5.41) is 17.5. The Morgan fingerprint density at radius 3 is 2.73 bits per heavy atom. The number of carbonyl (C=O) groups excluding carboxylic acids is 2. The van der Waals surface area contributed by atoms with Crippen LogP contribution in [0.2, 0.25) is 0 Å². The molecule has 10 nitrogen and oxygen atoms in total. The number of pyridine rings is 1. The highest BCUT2D eigenvalue weighted by Gasteiger charge is 2.61. The second-order valence-corrected chi connectivity index (χ2v) is 13.8. The van der Waals surface area contributed by atoms with E-state index in [0.717, 1.165) is 53.6 Å². The largest absolute Gasteiger partial charge is 0.497 e. The van der Waals surface area contributed by atoms with Crippen molar-refractivity contribution in [3.8, 4) is 22.3 Å². The summed E-state index contributed by atoms with van der Waals surface area (Å²) in [5.74, 6) is -1.51. The zero-order valence-electron chi connectivity index (χ0n) is 25.5. The number of amides is 2. The van der Waals surface area contributed by atoms with Crippen molar-refractivity contribution in [2.24, 2.45) is 17.8 Å². The van der Waals surface area contributed by atoms with Crippen LogP contribution in [0.3, 0.4) is 0 Å². The van der Waals surface area contributed by atoms with E-state index >= 15 is 0 Å². The van der Waals surface area contributed by atoms with E-state index in [9.17, 15) is 19.5 Å². The lowest BCUT2D eigenvalue weighted by atomic mass is 9.93. The van der Waals surface area contributed by atoms with Crippen molar-refractivity contribution in [3.63, 3.8) is 0 Å². The van der Waals surface area contributed by atoms with Crippen molar-refractivity contribution in [3.05, 3.63) is 47.5 Å². The summed E-state index contributed by atoms with van der Waals surface area (Å²) in [5.41, 5.74) is 0.473. The van der Waals surface area contributed by atoms with E-state index in [1.54, 1.807) is 30.4 Å². The fraction of sp³-hybridized carbons (Fsp3) is 0.500. The van der Waals surface area contributed by atoms with Gasteiger partial charge >= 0.3 is 5.97 Å². The third-order valence-corrected chi connectivity index (χ3v) is 10.7. The number of nitrogens with one attached hydrogen (secondary N) is 1. The Labute approximate surface area is 265 Å². The van der Waals surface area contributed by atoms with Crippen LogP contribution in [-0.2, 0) is 14.4 Å². The molecular weight excluding hydrogens is 592 g/mol. The number of allylic oxidation sites excluding steroid dienone is 1. The Bertz CT molecular complexity index is 1680. The van der Waals surface area contributed by atoms with E-state index in [-0.39, 0.29) is 18.2 Å². The molecule has 45 heavy (non-hydrogen) atoms. The molecule has 3 saturated carbocycles. The molecule has 3 fully saturated rings. The Morgan fingerprint density at radius 2 is 1.96 bits per heavy atom. The number of aromatic nitrogens is 2. The van der Waals surface area contributed by atoms with Gasteiger partial charge in [0.2, 0.25) is 17.7 Å². The van der Waals surface area contributed by atoms with Gasteiger partial charge in [-0.3, -0.25) is 9.59 Å². The highest BCUT2D eigenvalue weighted by molar-refractivity contribution is 7.13. The van der Waals surface area contributed by atoms with Gasteiger partial charge < -0.3 is 24.8 Å². The van der Waals surface area contributed by atoms with Gasteiger partial charge in [0.1, 0.15) is 28.1 Å². The summed E-state index contributed by atoms with van der Waals surface area (Å²) in [7, 11) is 3.40. The highest BCUT2D eigenvalue weighted by atomic mass is 32.1. The second-order valence-electron chi connectivity index (χ2n) is 12.9. The van der Waals surface area contributed by atoms with Gasteiger partial charge in [0.25, 0.3) is 0 Å². The van der Waals surface area contributed by atoms with Crippen LogP contribution in [0, 0.1) is 17.8 Å². The molecule has 2 N–H and O–H groups in total. The molecular formula is C34H38N4O6S. The van der Waals surface area contributed by atoms with Gasteiger partial charge in [-0.2, -0.15) is 0 Å². The predicted molar refractivity (Wildman–Crippen MR) is 169 cm³/mol. The molecule has 0 unspecified atom stereocenters. The Morgan fingerprint density at radius 1 is 1.13 bits per heavy atom. The van der Waals surface area contributed by atoms with Crippen LogP contribution >= 0.6 is 11.3 Å². The highest BCUT2D eigenvalue weighted by Crippen LogP contribution is 2.47. The molecule has 2 amide bonds. The summed E-state index contributed by atoms with van der Waals surface area (Å²) in [6.45, 7) is 0.595. The number of carbonyl (C=O) groups is 3. The first-order chi connectivity index (χ1) is 21.8. The zero-order valence-corrected chi connectivity index (χ0v) is 26.3. The number of carboxylic acid groups (broad SMARTS) is 1. The van der Waals surface area contributed by atoms with E-state index in [2.05, 4.69) is 10.7 Å². The number of fused-ring (bicyclic) bond motifs is 3. The lowest BCUT2D eigenvalue weighted by Gasteiger charge is -2.26. The maximum Gasteiger partial charge on any atom is 0.330 e. The van der Waals surface area contributed by atoms with E-state index in [1.807, 2.05) is 36.4 Å². The fourth-order valence-electron chi connectivity index (χ4n) is 6.85. The lowest BCUT2D eigenvalue weighted by molar-refractivity contribution is -0.145. The molecule has 4 aliphatic rings. The fourth-order valence-corrected chi connectivity index (χ4v) is 7.71. The monoisotopic (exact) mass is 630 g/mol. The number of hydrogen-bond acceptors (Lipinski definition) is 8. The van der Waals surface area contributed by atoms with Crippen LogP contribution < -0.4 is 14.8 Å². The van der Waals surface area contributed by atoms with Crippen molar-refractivity contribution in [1.29, 1.82) is 0 Å². The first-order valence-corrected chi connectivity index (χ1v) is 16.7. The van der Waals surface area contributed by atoms with Crippen LogP contribution in [0.4, 0.5) is 0 Å². The topological polar surface area (TPSA) is 131 Å². The number of carboxylic acids is 1. The molecule has 7 rings (SSSR count). The average molecular weight is 631 g/mol. The van der Waals surface area contributed by atoms with Crippen molar-refractivity contribution in [2.75, 3.05) is 20.7 Å². The van der Waals surface area contributed by atoms with Gasteiger partial charge in [-0.15, -0.1) is 11.3 Å². The molecule has 0 spiro atoms. The molecule has 1 aliphatic heterocycles. The number of hydrogen-bond donors (Lipinski definition) is 2. The molecule has 3 heterocycles. The number of thiazole rings is 1. The molecule has 3 aromatic rings. The lowest BCUT2D eigenvalue weighted by Crippen LogP contribution is -2.49. The minimum absolute atomic E-state index is 0.114. The summed E-state index contributed by atoms with van der Waals surface area (Å²) < 4.78 is 12.1. The normalized spacial score (nSPS) is 29.3. The number of rotatable bonds is 6. The minimum atomic E-state index is -1.33. The number of aliphatic carboxylic acids is 1. The van der Waals surface area contributed by atoms with Crippen LogP contribution in [0.1, 0.15) is 63.0 Å². The SMILES string of the molecule is COc1ccc2c(O[C@@H]3C[C@H]4C(=O)N[C@]5(C(=O)O)C[C@@H]5/C=C\CCCCN(C)C(=O)[C@@H]4C3)nc(-c3nc(C4CC4)cs3)cc2c1. The quantitative estimate of drug-likeness (QED) is 0.357. The summed E-state index contributed by atoms with van der Waals surface area (Å²) in [4.78, 5) is 51.3. The zero-order chi connectivity index (χ0) is 31.3. The van der Waals surface area contributed by atoms with E-state index in [0.29, 0.717) is 42.6 Å². The smallest absolute Gasteiger partial charge is 0.330 e. The Kier molecular flexibility index (Phi) is 7.75. The number of benzene rings is 1. The number of ether oxygens (including phenoxy) is 2. The molecule has 2 aromatic heterocycles. The van der Waals surface area contributed by atoms with Gasteiger partial charge in [-0.1, -0.05) is 12.2 Å². The van der Waals surface area contributed by atoms with Crippen molar-refractivity contribution in [2.45, 2.75) is 68.9 Å². The molecule has 0 saturated heterocycles. The molecule has 0 bridgehead atoms. The Balaban J connectivity index is 1.20. The number of nitrogens with zero attached hydrogens (tertiary/aromatic N) is 3. The van der Waals surface area contributed by atoms with Gasteiger partial charge in [0.15, 0.2) is 0 Å². The van der Waals surface area contributed by atoms with Gasteiger partial charge in [-0.25, -0.2) is 14.8 Å². The third kappa shape index (κ3) is 5.78. The molecule has 5 atom stereocenters. The molecule has 11 heteroatoms. The molecule has 3 aliphatic carbocycles. The van der Waals surface area contributed by atoms with Crippen LogP contribution in [0.25, 0.3) is 21.5 Å². The summed E-state index contributed by atoms with van der Waals surface area (Å²) >= 11 is 1.56. The minimum Gasteiger partial charge on any atom is -0.497 e. The van der Waals surface area contributed by atoms with Gasteiger partial charge in [0, 0.05) is 36.2 Å². The van der Waals surface area contributed by atoms with Crippen molar-refractivity contribution in [1.82, 2.24) is 20.2 Å². The second kappa shape index (κ2) is 11.7. The number of methoxy groups -OCH3 is 1. The summed E-state index contributed by atoms with van der Waals surface area (Å²) in [6, 6.07) is 7.69. The molecule has 1 aromatic carbocycles. The maximum absolute atomic E-state index is 13.8. The Hall–Kier alpha value is -3.99. The first kappa shape index (κ1) is 29.7. The van der Waals surface area contributed by atoms with Gasteiger partial charge in [0.05, 0.1) is 24.6 Å². The van der Waals surface area contributed by atoms with E-state index in [1.165, 1.54) is 0 Å². The van der Waals surface area contributed by atoms with Crippen molar-refractivity contribution < 1.29 is 29.0 Å². The van der Waals surface area contributed by atoms with E-state index in [4.69, 9.17) is 19.4 Å². The van der Waals surface area contributed by atoms with Crippen LogP contribution in [-0.4, -0.2) is 70.1 Å². The average Bonchev–Trinajstić information content (AvgIpc) is 3.90. The van der Waals surface area contributed by atoms with Crippen LogP contribution in [0.5, 0.6) is 11.6 Å². The maximum atomic E-state index is 13.8. The third-order valence-electron chi connectivity index (χ3n) is 9.79. The predicted octanol–water partition coefficient (Wildman–Crippen LogP) is 5.18. The summed E-state index contributed by atoms with van der Waals surface area (Å²) in [6.07, 6.45) is 9.26. The first-order valence-electron chi connectivity index (χ1n) is 15.8. The van der Waals surface area contributed by atoms with E-state index < -0.39 is 35.4 Å². The van der Waals surface area contributed by atoms with Crippen LogP contribution in [0.15, 0.2) is 41.8 Å².